The molecule has 128 valence electrons. The maximum absolute atomic E-state index is 14.3. The molecule has 0 N–H and O–H groups in total. The van der Waals surface area contributed by atoms with Gasteiger partial charge in [-0.3, -0.25) is 0 Å². The molecule has 0 fully saturated rings. The molecule has 2 aromatic carbocycles. The summed E-state index contributed by atoms with van der Waals surface area (Å²) in [5.74, 6) is 5.71. The first-order valence-electron chi connectivity index (χ1n) is 7.28. The molecule has 3 rings (SSSR count). The predicted molar refractivity (Wildman–Crippen MR) is 87.0 cm³/mol. The molecule has 0 aliphatic carbocycles. The lowest BCUT2D eigenvalue weighted by Crippen LogP contribution is -2.02. The molecule has 1 nitrogen and oxygen atoms in total. The van der Waals surface area contributed by atoms with E-state index in [1.54, 1.807) is 24.4 Å². The van der Waals surface area contributed by atoms with Crippen LogP contribution in [0, 0.1) is 35.3 Å². The Bertz CT molecular complexity index is 1090. The second-order valence-electron chi connectivity index (χ2n) is 5.20. The summed E-state index contributed by atoms with van der Waals surface area (Å²) < 4.78 is 64.8. The molecule has 0 saturated carbocycles. The van der Waals surface area contributed by atoms with E-state index in [4.69, 9.17) is 0 Å². The standard InChI is InChI=1S/C20H8F5N/c21-18-12-14-11-13(4-6-15-3-1-2-10-26-15)5-7-16(14)19(22)17(18)8-9-20(23,24)25/h1-3,5,7,10-12H. The SMILES string of the molecule is Fc1cc2cc(C#Cc3ccccn3)ccc2c(F)c1C#CC(F)(F)F. The highest BCUT2D eigenvalue weighted by Crippen LogP contribution is 2.25. The van der Waals surface area contributed by atoms with Gasteiger partial charge in [-0.25, -0.2) is 13.8 Å². The zero-order valence-corrected chi connectivity index (χ0v) is 13.0. The van der Waals surface area contributed by atoms with Gasteiger partial charge in [0, 0.05) is 23.1 Å². The number of pyridine rings is 1. The molecule has 0 atom stereocenters. The van der Waals surface area contributed by atoms with Crippen molar-refractivity contribution in [3.63, 3.8) is 0 Å². The molecule has 0 aliphatic heterocycles. The number of benzene rings is 2. The third-order valence-electron chi connectivity index (χ3n) is 3.36. The zero-order valence-electron chi connectivity index (χ0n) is 13.0. The van der Waals surface area contributed by atoms with Crippen molar-refractivity contribution < 1.29 is 22.0 Å². The van der Waals surface area contributed by atoms with Crippen LogP contribution in [0.15, 0.2) is 48.7 Å². The van der Waals surface area contributed by atoms with Crippen LogP contribution in [0.4, 0.5) is 22.0 Å². The minimum Gasteiger partial charge on any atom is -0.248 e. The van der Waals surface area contributed by atoms with Gasteiger partial charge in [-0.05, 0) is 41.6 Å². The molecular formula is C20H8F5N. The highest BCUT2D eigenvalue weighted by Gasteiger charge is 2.23. The smallest absolute Gasteiger partial charge is 0.248 e. The van der Waals surface area contributed by atoms with Gasteiger partial charge in [-0.15, -0.1) is 0 Å². The number of aromatic nitrogens is 1. The van der Waals surface area contributed by atoms with E-state index in [1.807, 2.05) is 0 Å². The number of hydrogen-bond acceptors (Lipinski definition) is 1. The van der Waals surface area contributed by atoms with Crippen LogP contribution >= 0.6 is 0 Å². The fourth-order valence-electron chi connectivity index (χ4n) is 2.23. The van der Waals surface area contributed by atoms with Crippen molar-refractivity contribution in [3.8, 4) is 23.7 Å². The van der Waals surface area contributed by atoms with Crippen LogP contribution < -0.4 is 0 Å². The van der Waals surface area contributed by atoms with Gasteiger partial charge in [-0.1, -0.05) is 24.0 Å². The maximum atomic E-state index is 14.3. The van der Waals surface area contributed by atoms with Crippen molar-refractivity contribution in [3.05, 3.63) is 77.1 Å². The van der Waals surface area contributed by atoms with E-state index >= 15 is 0 Å². The monoisotopic (exact) mass is 357 g/mol. The molecule has 1 heterocycles. The van der Waals surface area contributed by atoms with Gasteiger partial charge in [-0.2, -0.15) is 13.2 Å². The Hall–Kier alpha value is -3.38. The first kappa shape index (κ1) is 17.4. The van der Waals surface area contributed by atoms with Crippen LogP contribution in [-0.2, 0) is 0 Å². The average Bonchev–Trinajstić information content (AvgIpc) is 2.59. The summed E-state index contributed by atoms with van der Waals surface area (Å²) in [6.07, 6.45) is -3.25. The zero-order chi connectivity index (χ0) is 18.7. The van der Waals surface area contributed by atoms with Crippen molar-refractivity contribution in [2.75, 3.05) is 0 Å². The lowest BCUT2D eigenvalue weighted by molar-refractivity contribution is -0.0696. The molecule has 6 heteroatoms. The van der Waals surface area contributed by atoms with E-state index < -0.39 is 23.4 Å². The Morgan fingerprint density at radius 1 is 0.885 bits per heavy atom. The fraction of sp³-hybridized carbons (Fsp3) is 0.0500. The Labute approximate surface area is 145 Å². The topological polar surface area (TPSA) is 12.9 Å². The van der Waals surface area contributed by atoms with Gasteiger partial charge in [0.05, 0.1) is 5.56 Å². The number of halogens is 5. The minimum atomic E-state index is -4.83. The van der Waals surface area contributed by atoms with Gasteiger partial charge in [0.2, 0.25) is 0 Å². The number of nitrogens with zero attached hydrogens (tertiary/aromatic N) is 1. The number of alkyl halides is 3. The molecule has 0 saturated heterocycles. The van der Waals surface area contributed by atoms with E-state index in [9.17, 15) is 22.0 Å². The number of hydrogen-bond donors (Lipinski definition) is 0. The average molecular weight is 357 g/mol. The Kier molecular flexibility index (Phi) is 4.60. The molecule has 0 unspecified atom stereocenters. The summed E-state index contributed by atoms with van der Waals surface area (Å²) in [5, 5.41) is 0.131. The van der Waals surface area contributed by atoms with Crippen molar-refractivity contribution in [2.45, 2.75) is 6.18 Å². The third-order valence-corrected chi connectivity index (χ3v) is 3.36. The van der Waals surface area contributed by atoms with Crippen LogP contribution in [0.25, 0.3) is 10.8 Å². The lowest BCUT2D eigenvalue weighted by atomic mass is 10.0. The summed E-state index contributed by atoms with van der Waals surface area (Å²) in [7, 11) is 0. The second-order valence-corrected chi connectivity index (χ2v) is 5.20. The van der Waals surface area contributed by atoms with E-state index in [0.29, 0.717) is 11.3 Å². The molecule has 1 aromatic heterocycles. The van der Waals surface area contributed by atoms with Gasteiger partial charge in [0.1, 0.15) is 17.3 Å². The Morgan fingerprint density at radius 3 is 2.38 bits per heavy atom. The van der Waals surface area contributed by atoms with Crippen LogP contribution in [-0.4, -0.2) is 11.2 Å². The molecule has 0 aliphatic rings. The van der Waals surface area contributed by atoms with E-state index in [2.05, 4.69) is 16.8 Å². The first-order valence-corrected chi connectivity index (χ1v) is 7.28. The highest BCUT2D eigenvalue weighted by molar-refractivity contribution is 5.86. The summed E-state index contributed by atoms with van der Waals surface area (Å²) in [6.45, 7) is 0. The quantitative estimate of drug-likeness (QED) is 0.415. The van der Waals surface area contributed by atoms with E-state index in [-0.39, 0.29) is 10.8 Å². The van der Waals surface area contributed by atoms with Crippen LogP contribution in [0.1, 0.15) is 16.8 Å². The van der Waals surface area contributed by atoms with Gasteiger partial charge in [0.25, 0.3) is 0 Å². The van der Waals surface area contributed by atoms with Gasteiger partial charge < -0.3 is 0 Å². The Morgan fingerprint density at radius 2 is 1.69 bits per heavy atom. The van der Waals surface area contributed by atoms with Crippen molar-refractivity contribution in [1.29, 1.82) is 0 Å². The first-order chi connectivity index (χ1) is 12.3. The van der Waals surface area contributed by atoms with Crippen LogP contribution in [0.5, 0.6) is 0 Å². The molecule has 0 bridgehead atoms. The van der Waals surface area contributed by atoms with E-state index in [1.165, 1.54) is 24.1 Å². The lowest BCUT2D eigenvalue weighted by Gasteiger charge is -2.04. The highest BCUT2D eigenvalue weighted by atomic mass is 19.4. The second kappa shape index (κ2) is 6.85. The number of fused-ring (bicyclic) bond motifs is 1. The van der Waals surface area contributed by atoms with Gasteiger partial charge >= 0.3 is 6.18 Å². The molecule has 0 spiro atoms. The third kappa shape index (κ3) is 3.99. The maximum Gasteiger partial charge on any atom is 0.458 e. The van der Waals surface area contributed by atoms with Crippen LogP contribution in [0.2, 0.25) is 0 Å². The fourth-order valence-corrected chi connectivity index (χ4v) is 2.23. The van der Waals surface area contributed by atoms with Crippen molar-refractivity contribution in [2.24, 2.45) is 0 Å². The molecule has 0 amide bonds. The molecule has 0 radical (unpaired) electrons. The summed E-state index contributed by atoms with van der Waals surface area (Å²) in [6, 6.07) is 10.4. The number of rotatable bonds is 0. The summed E-state index contributed by atoms with van der Waals surface area (Å²) in [4.78, 5) is 4.04. The van der Waals surface area contributed by atoms with Crippen LogP contribution in [0.3, 0.4) is 0 Å². The largest absolute Gasteiger partial charge is 0.458 e. The predicted octanol–water partition coefficient (Wildman–Crippen LogP) is 4.83. The Balaban J connectivity index is 2.04. The molecule has 26 heavy (non-hydrogen) atoms. The van der Waals surface area contributed by atoms with Crippen molar-refractivity contribution >= 4 is 10.8 Å². The minimum absolute atomic E-state index is 0.0405. The van der Waals surface area contributed by atoms with Gasteiger partial charge in [0.15, 0.2) is 0 Å². The molecule has 3 aromatic rings. The summed E-state index contributed by atoms with van der Waals surface area (Å²) in [5.41, 5.74) is 0.0981. The molecular weight excluding hydrogens is 349 g/mol. The normalized spacial score (nSPS) is 10.7. The van der Waals surface area contributed by atoms with Crippen molar-refractivity contribution in [1.82, 2.24) is 4.98 Å². The van der Waals surface area contributed by atoms with E-state index in [0.717, 1.165) is 12.0 Å². The summed E-state index contributed by atoms with van der Waals surface area (Å²) >= 11 is 0.